The summed E-state index contributed by atoms with van der Waals surface area (Å²) in [6, 6.07) is 4.62. The Hall–Kier alpha value is -1.27. The van der Waals surface area contributed by atoms with E-state index in [1.165, 1.54) is 23.5 Å². The third-order valence-electron chi connectivity index (χ3n) is 3.52. The second kappa shape index (κ2) is 5.38. The summed E-state index contributed by atoms with van der Waals surface area (Å²) in [5, 5.41) is 0. The maximum atomic E-state index is 12.8. The van der Waals surface area contributed by atoms with Crippen molar-refractivity contribution in [3.63, 3.8) is 0 Å². The lowest BCUT2D eigenvalue weighted by Gasteiger charge is -2.29. The third-order valence-corrected chi connectivity index (χ3v) is 5.44. The fourth-order valence-electron chi connectivity index (χ4n) is 2.26. The molecule has 1 aromatic rings. The zero-order valence-electron chi connectivity index (χ0n) is 10.7. The number of ketones is 1. The largest absolute Gasteiger partial charge is 0.300 e. The van der Waals surface area contributed by atoms with Gasteiger partial charge in [0.2, 0.25) is 10.0 Å². The summed E-state index contributed by atoms with van der Waals surface area (Å²) in [4.78, 5) is 11.3. The van der Waals surface area contributed by atoms with E-state index in [4.69, 9.17) is 0 Å². The van der Waals surface area contributed by atoms with Crippen LogP contribution in [0.25, 0.3) is 0 Å². The fraction of sp³-hybridized carbons (Fsp3) is 0.462. The van der Waals surface area contributed by atoms with Crippen LogP contribution in [0.2, 0.25) is 0 Å². The molecule has 1 aromatic carbocycles. The Bertz CT molecular complexity index is 558. The Morgan fingerprint density at radius 1 is 1.16 bits per heavy atom. The first-order valence-corrected chi connectivity index (χ1v) is 7.60. The normalized spacial score (nSPS) is 17.9. The number of Topliss-reactive ketones (excluding diaryl/α,β-unsaturated/α-hetero) is 1. The van der Waals surface area contributed by atoms with Gasteiger partial charge in [-0.25, -0.2) is 12.8 Å². The van der Waals surface area contributed by atoms with E-state index in [1.807, 2.05) is 0 Å². The third kappa shape index (κ3) is 3.01. The minimum absolute atomic E-state index is 0.0771. The molecule has 1 saturated carbocycles. The van der Waals surface area contributed by atoms with Crippen molar-refractivity contribution in [2.75, 3.05) is 7.05 Å². The Kier molecular flexibility index (Phi) is 4.01. The summed E-state index contributed by atoms with van der Waals surface area (Å²) < 4.78 is 38.8. The standard InChI is InChI=1S/C13H16FNO3S/c1-15(11-4-6-12(16)7-5-11)19(17,18)13-8-2-10(14)3-9-13/h2-3,8-9,11H,4-7H2,1H3. The van der Waals surface area contributed by atoms with E-state index in [2.05, 4.69) is 0 Å². The maximum absolute atomic E-state index is 12.8. The molecule has 0 aliphatic heterocycles. The number of carbonyl (C=O) groups is 1. The second-order valence-electron chi connectivity index (χ2n) is 4.75. The average Bonchev–Trinajstić information content (AvgIpc) is 2.39. The molecule has 1 aliphatic carbocycles. The van der Waals surface area contributed by atoms with Gasteiger partial charge in [0.15, 0.2) is 0 Å². The molecule has 0 aromatic heterocycles. The number of nitrogens with zero attached hydrogens (tertiary/aromatic N) is 1. The quantitative estimate of drug-likeness (QED) is 0.853. The molecule has 0 unspecified atom stereocenters. The molecule has 0 spiro atoms. The fourth-order valence-corrected chi connectivity index (χ4v) is 3.67. The molecule has 0 radical (unpaired) electrons. The van der Waals surface area contributed by atoms with Crippen LogP contribution in [0, 0.1) is 5.82 Å². The summed E-state index contributed by atoms with van der Waals surface area (Å²) in [5.41, 5.74) is 0. The van der Waals surface area contributed by atoms with Crippen molar-refractivity contribution in [3.8, 4) is 0 Å². The predicted molar refractivity (Wildman–Crippen MR) is 68.6 cm³/mol. The van der Waals surface area contributed by atoms with Crippen LogP contribution in [0.5, 0.6) is 0 Å². The lowest BCUT2D eigenvalue weighted by Crippen LogP contribution is -2.39. The van der Waals surface area contributed by atoms with Crippen molar-refractivity contribution in [1.82, 2.24) is 4.31 Å². The van der Waals surface area contributed by atoms with E-state index >= 15 is 0 Å². The zero-order valence-corrected chi connectivity index (χ0v) is 11.5. The van der Waals surface area contributed by atoms with Gasteiger partial charge in [-0.05, 0) is 37.1 Å². The van der Waals surface area contributed by atoms with Gasteiger partial charge in [0.1, 0.15) is 11.6 Å². The SMILES string of the molecule is CN(C1CCC(=O)CC1)S(=O)(=O)c1ccc(F)cc1. The Morgan fingerprint density at radius 3 is 2.21 bits per heavy atom. The minimum atomic E-state index is -3.62. The number of hydrogen-bond donors (Lipinski definition) is 0. The molecule has 0 N–H and O–H groups in total. The number of rotatable bonds is 3. The number of hydrogen-bond acceptors (Lipinski definition) is 3. The van der Waals surface area contributed by atoms with E-state index in [0.29, 0.717) is 25.7 Å². The molecular weight excluding hydrogens is 269 g/mol. The van der Waals surface area contributed by atoms with Gasteiger partial charge in [-0.3, -0.25) is 4.79 Å². The Labute approximate surface area is 112 Å². The Balaban J connectivity index is 2.19. The van der Waals surface area contributed by atoms with Crippen LogP contribution in [0.3, 0.4) is 0 Å². The van der Waals surface area contributed by atoms with Gasteiger partial charge in [0, 0.05) is 25.9 Å². The van der Waals surface area contributed by atoms with E-state index in [0.717, 1.165) is 12.1 Å². The number of sulfonamides is 1. The smallest absolute Gasteiger partial charge is 0.243 e. The lowest BCUT2D eigenvalue weighted by molar-refractivity contribution is -0.120. The van der Waals surface area contributed by atoms with Gasteiger partial charge in [-0.1, -0.05) is 0 Å². The molecule has 1 aliphatic rings. The average molecular weight is 285 g/mol. The van der Waals surface area contributed by atoms with E-state index in [9.17, 15) is 17.6 Å². The van der Waals surface area contributed by atoms with Gasteiger partial charge in [-0.2, -0.15) is 4.31 Å². The highest BCUT2D eigenvalue weighted by molar-refractivity contribution is 7.89. The van der Waals surface area contributed by atoms with Gasteiger partial charge >= 0.3 is 0 Å². The molecular formula is C13H16FNO3S. The highest BCUT2D eigenvalue weighted by Crippen LogP contribution is 2.25. The van der Waals surface area contributed by atoms with Crippen molar-refractivity contribution in [2.45, 2.75) is 36.6 Å². The summed E-state index contributed by atoms with van der Waals surface area (Å²) in [6.07, 6.45) is 1.95. The molecule has 104 valence electrons. The van der Waals surface area contributed by atoms with Crippen LogP contribution in [0.4, 0.5) is 4.39 Å². The molecule has 2 rings (SSSR count). The van der Waals surface area contributed by atoms with Gasteiger partial charge in [0.25, 0.3) is 0 Å². The van der Waals surface area contributed by atoms with Crippen LogP contribution in [0.1, 0.15) is 25.7 Å². The van der Waals surface area contributed by atoms with Crippen molar-refractivity contribution in [3.05, 3.63) is 30.1 Å². The summed E-state index contributed by atoms with van der Waals surface area (Å²) in [7, 11) is -2.10. The predicted octanol–water partition coefficient (Wildman–Crippen LogP) is 1.96. The van der Waals surface area contributed by atoms with Gasteiger partial charge in [-0.15, -0.1) is 0 Å². The first-order valence-electron chi connectivity index (χ1n) is 6.16. The summed E-state index contributed by atoms with van der Waals surface area (Å²) in [6.45, 7) is 0. The van der Waals surface area contributed by atoms with E-state index < -0.39 is 15.8 Å². The van der Waals surface area contributed by atoms with E-state index in [1.54, 1.807) is 0 Å². The topological polar surface area (TPSA) is 54.5 Å². The van der Waals surface area contributed by atoms with Crippen LogP contribution >= 0.6 is 0 Å². The van der Waals surface area contributed by atoms with Crippen molar-refractivity contribution in [2.24, 2.45) is 0 Å². The highest BCUT2D eigenvalue weighted by Gasteiger charge is 2.30. The van der Waals surface area contributed by atoms with Crippen molar-refractivity contribution < 1.29 is 17.6 Å². The van der Waals surface area contributed by atoms with E-state index in [-0.39, 0.29) is 16.7 Å². The molecule has 1 fully saturated rings. The zero-order chi connectivity index (χ0) is 14.0. The molecule has 0 bridgehead atoms. The number of halogens is 1. The summed E-state index contributed by atoms with van der Waals surface area (Å²) in [5.74, 6) is -0.284. The highest BCUT2D eigenvalue weighted by atomic mass is 32.2. The molecule has 6 heteroatoms. The maximum Gasteiger partial charge on any atom is 0.243 e. The Morgan fingerprint density at radius 2 is 1.68 bits per heavy atom. The van der Waals surface area contributed by atoms with Crippen LogP contribution in [0.15, 0.2) is 29.2 Å². The van der Waals surface area contributed by atoms with Crippen LogP contribution in [-0.2, 0) is 14.8 Å². The molecule has 0 heterocycles. The van der Waals surface area contributed by atoms with Crippen LogP contribution < -0.4 is 0 Å². The summed E-state index contributed by atoms with van der Waals surface area (Å²) >= 11 is 0. The van der Waals surface area contributed by atoms with Crippen LogP contribution in [-0.4, -0.2) is 31.6 Å². The molecule has 4 nitrogen and oxygen atoms in total. The minimum Gasteiger partial charge on any atom is -0.300 e. The number of carbonyl (C=O) groups excluding carboxylic acids is 1. The van der Waals surface area contributed by atoms with Crippen molar-refractivity contribution >= 4 is 15.8 Å². The monoisotopic (exact) mass is 285 g/mol. The van der Waals surface area contributed by atoms with Gasteiger partial charge < -0.3 is 0 Å². The number of benzene rings is 1. The lowest BCUT2D eigenvalue weighted by atomic mass is 9.95. The molecule has 0 amide bonds. The first-order chi connectivity index (χ1) is 8.91. The van der Waals surface area contributed by atoms with Crippen molar-refractivity contribution in [1.29, 1.82) is 0 Å². The molecule has 0 atom stereocenters. The van der Waals surface area contributed by atoms with Gasteiger partial charge in [0.05, 0.1) is 4.90 Å². The second-order valence-corrected chi connectivity index (χ2v) is 6.74. The molecule has 0 saturated heterocycles. The molecule has 19 heavy (non-hydrogen) atoms. The first kappa shape index (κ1) is 14.1.